The summed E-state index contributed by atoms with van der Waals surface area (Å²) in [5.74, 6) is 2.73. The van der Waals surface area contributed by atoms with Gasteiger partial charge in [0.2, 0.25) is 0 Å². The summed E-state index contributed by atoms with van der Waals surface area (Å²) in [6, 6.07) is 0.427. The van der Waals surface area contributed by atoms with E-state index < -0.39 is 0 Å². The van der Waals surface area contributed by atoms with Crippen molar-refractivity contribution in [3.8, 4) is 0 Å². The highest BCUT2D eigenvalue weighted by Crippen LogP contribution is 2.26. The van der Waals surface area contributed by atoms with Gasteiger partial charge in [-0.2, -0.15) is 0 Å². The van der Waals surface area contributed by atoms with Gasteiger partial charge in [0.1, 0.15) is 17.5 Å². The highest BCUT2D eigenvalue weighted by atomic mass is 15.1. The molecule has 0 aliphatic rings. The quantitative estimate of drug-likeness (QED) is 0.851. The molecule has 0 aromatic carbocycles. The molecule has 1 aromatic rings. The van der Waals surface area contributed by atoms with Crippen LogP contribution in [0.2, 0.25) is 0 Å². The van der Waals surface area contributed by atoms with E-state index in [-0.39, 0.29) is 5.41 Å². The SMILES string of the molecule is CCCC(C)Nc1nc(C(C)(C)C)nc(NC)c1C. The Morgan fingerprint density at radius 3 is 2.21 bits per heavy atom. The molecule has 0 saturated carbocycles. The lowest BCUT2D eigenvalue weighted by atomic mass is 9.95. The maximum atomic E-state index is 4.71. The normalized spacial score (nSPS) is 13.2. The first-order valence-electron chi connectivity index (χ1n) is 7.13. The molecule has 0 radical (unpaired) electrons. The number of hydrogen-bond acceptors (Lipinski definition) is 4. The number of nitrogens with one attached hydrogen (secondary N) is 2. The first-order chi connectivity index (χ1) is 8.79. The Balaban J connectivity index is 3.15. The minimum Gasteiger partial charge on any atom is -0.373 e. The topological polar surface area (TPSA) is 49.8 Å². The van der Waals surface area contributed by atoms with Gasteiger partial charge in [-0.3, -0.25) is 0 Å². The average molecular weight is 264 g/mol. The first kappa shape index (κ1) is 15.7. The van der Waals surface area contributed by atoms with Crippen molar-refractivity contribution in [1.82, 2.24) is 9.97 Å². The van der Waals surface area contributed by atoms with Crippen molar-refractivity contribution in [3.05, 3.63) is 11.4 Å². The second-order valence-electron chi connectivity index (χ2n) is 6.20. The van der Waals surface area contributed by atoms with Gasteiger partial charge in [0, 0.05) is 24.1 Å². The molecule has 1 rings (SSSR count). The molecule has 108 valence electrons. The van der Waals surface area contributed by atoms with Crippen molar-refractivity contribution in [2.45, 2.75) is 65.8 Å². The molecular formula is C15H28N4. The number of nitrogens with zero attached hydrogens (tertiary/aromatic N) is 2. The molecule has 0 aliphatic carbocycles. The number of anilines is 2. The Morgan fingerprint density at radius 2 is 1.74 bits per heavy atom. The lowest BCUT2D eigenvalue weighted by Crippen LogP contribution is -2.22. The van der Waals surface area contributed by atoms with E-state index in [2.05, 4.69) is 57.2 Å². The molecule has 4 nitrogen and oxygen atoms in total. The zero-order chi connectivity index (χ0) is 14.6. The van der Waals surface area contributed by atoms with Crippen LogP contribution in [-0.2, 0) is 5.41 Å². The smallest absolute Gasteiger partial charge is 0.138 e. The minimum absolute atomic E-state index is 0.0519. The van der Waals surface area contributed by atoms with E-state index >= 15 is 0 Å². The van der Waals surface area contributed by atoms with Crippen molar-refractivity contribution in [2.24, 2.45) is 0 Å². The van der Waals surface area contributed by atoms with Crippen LogP contribution in [0.5, 0.6) is 0 Å². The van der Waals surface area contributed by atoms with E-state index in [4.69, 9.17) is 4.98 Å². The Hall–Kier alpha value is -1.32. The first-order valence-corrected chi connectivity index (χ1v) is 7.13. The van der Waals surface area contributed by atoms with Crippen LogP contribution < -0.4 is 10.6 Å². The molecule has 1 aromatic heterocycles. The summed E-state index contributed by atoms with van der Waals surface area (Å²) >= 11 is 0. The molecular weight excluding hydrogens is 236 g/mol. The Morgan fingerprint density at radius 1 is 1.16 bits per heavy atom. The standard InChI is InChI=1S/C15H28N4/c1-8-9-10(2)17-13-11(3)12(16-7)18-14(19-13)15(4,5)6/h10H,8-9H2,1-7H3,(H2,16,17,18,19). The summed E-state index contributed by atoms with van der Waals surface area (Å²) < 4.78 is 0. The van der Waals surface area contributed by atoms with Gasteiger partial charge in [0.15, 0.2) is 0 Å². The fourth-order valence-corrected chi connectivity index (χ4v) is 1.97. The zero-order valence-corrected chi connectivity index (χ0v) is 13.4. The predicted molar refractivity (Wildman–Crippen MR) is 83.0 cm³/mol. The van der Waals surface area contributed by atoms with E-state index in [0.717, 1.165) is 29.4 Å². The molecule has 0 bridgehead atoms. The predicted octanol–water partition coefficient (Wildman–Crippen LogP) is 3.72. The van der Waals surface area contributed by atoms with Crippen LogP contribution in [0.15, 0.2) is 0 Å². The van der Waals surface area contributed by atoms with Crippen LogP contribution in [0, 0.1) is 6.92 Å². The van der Waals surface area contributed by atoms with Gasteiger partial charge in [-0.25, -0.2) is 9.97 Å². The summed E-state index contributed by atoms with van der Waals surface area (Å²) in [5, 5.41) is 6.67. The van der Waals surface area contributed by atoms with Gasteiger partial charge in [-0.1, -0.05) is 34.1 Å². The van der Waals surface area contributed by atoms with Gasteiger partial charge < -0.3 is 10.6 Å². The monoisotopic (exact) mass is 264 g/mol. The van der Waals surface area contributed by atoms with Gasteiger partial charge in [0.25, 0.3) is 0 Å². The summed E-state index contributed by atoms with van der Waals surface area (Å²) in [6.45, 7) is 12.9. The zero-order valence-electron chi connectivity index (χ0n) is 13.4. The molecule has 19 heavy (non-hydrogen) atoms. The van der Waals surface area contributed by atoms with Crippen LogP contribution in [0.4, 0.5) is 11.6 Å². The van der Waals surface area contributed by atoms with Crippen LogP contribution in [0.25, 0.3) is 0 Å². The van der Waals surface area contributed by atoms with Gasteiger partial charge in [-0.05, 0) is 20.3 Å². The van der Waals surface area contributed by atoms with E-state index in [1.165, 1.54) is 6.42 Å². The average Bonchev–Trinajstić information content (AvgIpc) is 2.30. The van der Waals surface area contributed by atoms with Crippen molar-refractivity contribution in [2.75, 3.05) is 17.7 Å². The third kappa shape index (κ3) is 4.08. The fraction of sp³-hybridized carbons (Fsp3) is 0.733. The summed E-state index contributed by atoms with van der Waals surface area (Å²) in [4.78, 5) is 9.33. The number of hydrogen-bond donors (Lipinski definition) is 2. The molecule has 0 amide bonds. The van der Waals surface area contributed by atoms with Gasteiger partial charge in [-0.15, -0.1) is 0 Å². The molecule has 1 atom stereocenters. The second-order valence-corrected chi connectivity index (χ2v) is 6.20. The molecule has 1 heterocycles. The van der Waals surface area contributed by atoms with Crippen LogP contribution in [0.1, 0.15) is 58.8 Å². The third-order valence-corrected chi connectivity index (χ3v) is 3.16. The lowest BCUT2D eigenvalue weighted by Gasteiger charge is -2.22. The summed E-state index contributed by atoms with van der Waals surface area (Å²) in [7, 11) is 1.90. The molecule has 1 unspecified atom stereocenters. The largest absolute Gasteiger partial charge is 0.373 e. The van der Waals surface area contributed by atoms with Crippen LogP contribution in [0.3, 0.4) is 0 Å². The van der Waals surface area contributed by atoms with Crippen LogP contribution in [-0.4, -0.2) is 23.1 Å². The highest BCUT2D eigenvalue weighted by Gasteiger charge is 2.21. The van der Waals surface area contributed by atoms with Crippen molar-refractivity contribution in [3.63, 3.8) is 0 Å². The Labute approximate surface area is 117 Å². The lowest BCUT2D eigenvalue weighted by molar-refractivity contribution is 0.545. The van der Waals surface area contributed by atoms with Crippen molar-refractivity contribution < 1.29 is 0 Å². The third-order valence-electron chi connectivity index (χ3n) is 3.16. The van der Waals surface area contributed by atoms with Gasteiger partial charge in [0.05, 0.1) is 0 Å². The molecule has 2 N–H and O–H groups in total. The maximum absolute atomic E-state index is 4.71. The highest BCUT2D eigenvalue weighted by molar-refractivity contribution is 5.57. The Kier molecular flexibility index (Phi) is 5.15. The van der Waals surface area contributed by atoms with Crippen LogP contribution >= 0.6 is 0 Å². The molecule has 0 spiro atoms. The molecule has 0 aliphatic heterocycles. The molecule has 0 saturated heterocycles. The van der Waals surface area contributed by atoms with E-state index in [1.807, 2.05) is 7.05 Å². The molecule has 0 fully saturated rings. The van der Waals surface area contributed by atoms with E-state index in [1.54, 1.807) is 0 Å². The van der Waals surface area contributed by atoms with Crippen molar-refractivity contribution in [1.29, 1.82) is 0 Å². The second kappa shape index (κ2) is 6.22. The fourth-order valence-electron chi connectivity index (χ4n) is 1.97. The van der Waals surface area contributed by atoms with E-state index in [0.29, 0.717) is 6.04 Å². The van der Waals surface area contributed by atoms with E-state index in [9.17, 15) is 0 Å². The minimum atomic E-state index is -0.0519. The number of rotatable bonds is 5. The summed E-state index contributed by atoms with van der Waals surface area (Å²) in [5.41, 5.74) is 1.03. The molecule has 4 heteroatoms. The number of aromatic nitrogens is 2. The maximum Gasteiger partial charge on any atom is 0.138 e. The Bertz CT molecular complexity index is 421. The summed E-state index contributed by atoms with van der Waals surface area (Å²) in [6.07, 6.45) is 2.31. The van der Waals surface area contributed by atoms with Crippen molar-refractivity contribution >= 4 is 11.6 Å². The van der Waals surface area contributed by atoms with Gasteiger partial charge >= 0.3 is 0 Å².